The number of hydrogen-bond donors (Lipinski definition) is 1. The zero-order valence-electron chi connectivity index (χ0n) is 14.3. The van der Waals surface area contributed by atoms with Crippen molar-refractivity contribution < 1.29 is 19.4 Å². The van der Waals surface area contributed by atoms with Crippen molar-refractivity contribution in [2.45, 2.75) is 46.3 Å². The Bertz CT molecular complexity index is 832. The summed E-state index contributed by atoms with van der Waals surface area (Å²) in [4.78, 5) is 30.8. The fourth-order valence-corrected chi connectivity index (χ4v) is 2.87. The Morgan fingerprint density at radius 1 is 1.42 bits per heavy atom. The fourth-order valence-electron chi connectivity index (χ4n) is 2.87. The molecule has 1 amide bonds. The summed E-state index contributed by atoms with van der Waals surface area (Å²) < 4.78 is 7.20. The van der Waals surface area contributed by atoms with E-state index in [4.69, 9.17) is 4.74 Å². The number of imidazole rings is 1. The van der Waals surface area contributed by atoms with Gasteiger partial charge in [0.25, 0.3) is 0 Å². The molecule has 1 N–H and O–H groups in total. The first-order valence-corrected chi connectivity index (χ1v) is 7.88. The molecule has 0 aliphatic carbocycles. The quantitative estimate of drug-likeness (QED) is 0.868. The number of nitrogens with zero attached hydrogens (tertiary/aromatic N) is 3. The number of aryl methyl sites for hydroxylation is 1. The van der Waals surface area contributed by atoms with Crippen LogP contribution in [0, 0.1) is 6.92 Å². The molecule has 7 nitrogen and oxygen atoms in total. The number of ketones is 1. The molecule has 0 aromatic carbocycles. The van der Waals surface area contributed by atoms with Gasteiger partial charge in [0.15, 0.2) is 5.78 Å². The van der Waals surface area contributed by atoms with Gasteiger partial charge in [0.05, 0.1) is 23.6 Å². The van der Waals surface area contributed by atoms with Crippen LogP contribution < -0.4 is 4.90 Å². The molecule has 1 aliphatic heterocycles. The van der Waals surface area contributed by atoms with E-state index < -0.39 is 11.7 Å². The van der Waals surface area contributed by atoms with Gasteiger partial charge in [-0.3, -0.25) is 9.69 Å². The number of aliphatic hydroxyl groups is 1. The van der Waals surface area contributed by atoms with Crippen LogP contribution in [-0.2, 0) is 11.3 Å². The third-order valence-electron chi connectivity index (χ3n) is 4.01. The highest BCUT2D eigenvalue weighted by molar-refractivity contribution is 6.11. The van der Waals surface area contributed by atoms with E-state index in [9.17, 15) is 14.7 Å². The van der Waals surface area contributed by atoms with Crippen LogP contribution in [0.1, 0.15) is 48.9 Å². The lowest BCUT2D eigenvalue weighted by atomic mass is 10.0. The molecule has 0 spiro atoms. The molecule has 7 heteroatoms. The summed E-state index contributed by atoms with van der Waals surface area (Å²) in [6, 6.07) is 1.72. The Balaban J connectivity index is 2.13. The van der Waals surface area contributed by atoms with E-state index >= 15 is 0 Å². The average Bonchev–Trinajstić information content (AvgIpc) is 2.82. The van der Waals surface area contributed by atoms with Crippen LogP contribution in [0.4, 0.5) is 10.5 Å². The molecule has 0 bridgehead atoms. The van der Waals surface area contributed by atoms with E-state index in [-0.39, 0.29) is 25.4 Å². The van der Waals surface area contributed by atoms with Crippen LogP contribution in [0.15, 0.2) is 12.3 Å². The third kappa shape index (κ3) is 2.65. The Kier molecular flexibility index (Phi) is 3.83. The molecule has 24 heavy (non-hydrogen) atoms. The maximum absolute atomic E-state index is 12.5. The monoisotopic (exact) mass is 331 g/mol. The minimum absolute atomic E-state index is 0.0649. The molecule has 0 fully saturated rings. The maximum atomic E-state index is 12.5. The summed E-state index contributed by atoms with van der Waals surface area (Å²) in [7, 11) is 0. The standard InChI is InChI=1S/C17H21N3O4/c1-10-11(9-21)18-15-14-12(5-7-19(10)15)20(8-6-13(14)22)16(23)24-17(2,3)4/h5,7,21H,6,8-9H2,1-4H3. The Morgan fingerprint density at radius 3 is 2.75 bits per heavy atom. The van der Waals surface area contributed by atoms with Gasteiger partial charge >= 0.3 is 6.09 Å². The van der Waals surface area contributed by atoms with Crippen LogP contribution in [0.2, 0.25) is 0 Å². The molecule has 0 saturated heterocycles. The van der Waals surface area contributed by atoms with Crippen LogP contribution in [0.5, 0.6) is 0 Å². The van der Waals surface area contributed by atoms with Crippen molar-refractivity contribution >= 4 is 23.2 Å². The van der Waals surface area contributed by atoms with Gasteiger partial charge in [-0.25, -0.2) is 9.78 Å². The predicted octanol–water partition coefficient (Wildman–Crippen LogP) is 2.46. The normalized spacial score (nSPS) is 14.9. The molecular formula is C17H21N3O4. The molecule has 3 heterocycles. The second-order valence-corrected chi connectivity index (χ2v) is 6.88. The van der Waals surface area contributed by atoms with Crippen molar-refractivity contribution in [3.05, 3.63) is 29.2 Å². The van der Waals surface area contributed by atoms with E-state index in [0.717, 1.165) is 5.69 Å². The number of amides is 1. The number of anilines is 1. The predicted molar refractivity (Wildman–Crippen MR) is 88.4 cm³/mol. The van der Waals surface area contributed by atoms with Crippen molar-refractivity contribution in [3.63, 3.8) is 0 Å². The van der Waals surface area contributed by atoms with Crippen molar-refractivity contribution in [2.24, 2.45) is 0 Å². The Labute approximate surface area is 139 Å². The Morgan fingerprint density at radius 2 is 2.12 bits per heavy atom. The summed E-state index contributed by atoms with van der Waals surface area (Å²) in [6.07, 6.45) is 1.49. The van der Waals surface area contributed by atoms with Crippen molar-refractivity contribution in [1.29, 1.82) is 0 Å². The van der Waals surface area contributed by atoms with Gasteiger partial charge in [-0.05, 0) is 33.8 Å². The molecule has 3 rings (SSSR count). The van der Waals surface area contributed by atoms with Crippen molar-refractivity contribution in [1.82, 2.24) is 9.38 Å². The summed E-state index contributed by atoms with van der Waals surface area (Å²) in [6.45, 7) is 7.31. The summed E-state index contributed by atoms with van der Waals surface area (Å²) in [5, 5.41) is 9.41. The number of carbonyl (C=O) groups is 2. The molecule has 2 aromatic rings. The molecule has 0 atom stereocenters. The number of Topliss-reactive ketones (excluding diaryl/α,β-unsaturated/α-hetero) is 1. The van der Waals surface area contributed by atoms with E-state index in [0.29, 0.717) is 22.6 Å². The zero-order valence-corrected chi connectivity index (χ0v) is 14.3. The second-order valence-electron chi connectivity index (χ2n) is 6.88. The van der Waals surface area contributed by atoms with Crippen LogP contribution in [0.3, 0.4) is 0 Å². The van der Waals surface area contributed by atoms with Crippen molar-refractivity contribution in [2.75, 3.05) is 11.4 Å². The highest BCUT2D eigenvalue weighted by atomic mass is 16.6. The minimum atomic E-state index is -0.614. The highest BCUT2D eigenvalue weighted by Crippen LogP contribution is 2.32. The van der Waals surface area contributed by atoms with E-state index in [1.165, 1.54) is 4.90 Å². The number of pyridine rings is 1. The number of hydrogen-bond acceptors (Lipinski definition) is 5. The van der Waals surface area contributed by atoms with Gasteiger partial charge in [0.1, 0.15) is 11.2 Å². The Hall–Kier alpha value is -2.41. The lowest BCUT2D eigenvalue weighted by Crippen LogP contribution is -2.41. The van der Waals surface area contributed by atoms with Crippen LogP contribution >= 0.6 is 0 Å². The lowest BCUT2D eigenvalue weighted by Gasteiger charge is -2.31. The van der Waals surface area contributed by atoms with Gasteiger partial charge in [-0.1, -0.05) is 0 Å². The van der Waals surface area contributed by atoms with Gasteiger partial charge in [-0.15, -0.1) is 0 Å². The summed E-state index contributed by atoms with van der Waals surface area (Å²) in [5.41, 5.74) is 2.05. The van der Waals surface area contributed by atoms with E-state index in [1.54, 1.807) is 37.4 Å². The highest BCUT2D eigenvalue weighted by Gasteiger charge is 2.33. The largest absolute Gasteiger partial charge is 0.443 e. The molecule has 1 aliphatic rings. The summed E-state index contributed by atoms with van der Waals surface area (Å²) >= 11 is 0. The number of aliphatic hydroxyl groups excluding tert-OH is 1. The SMILES string of the molecule is Cc1c(CO)nc2c3c(ccn12)N(C(=O)OC(C)(C)C)CCC3=O. The fraction of sp³-hybridized carbons (Fsp3) is 0.471. The van der Waals surface area contributed by atoms with E-state index in [2.05, 4.69) is 4.98 Å². The minimum Gasteiger partial charge on any atom is -0.443 e. The third-order valence-corrected chi connectivity index (χ3v) is 4.01. The number of ether oxygens (including phenoxy) is 1. The summed E-state index contributed by atoms with van der Waals surface area (Å²) in [5.74, 6) is -0.0649. The van der Waals surface area contributed by atoms with Gasteiger partial charge < -0.3 is 14.2 Å². The number of fused-ring (bicyclic) bond motifs is 3. The number of aromatic nitrogens is 2. The first-order chi connectivity index (χ1) is 11.2. The van der Waals surface area contributed by atoms with Crippen LogP contribution in [0.25, 0.3) is 5.65 Å². The smallest absolute Gasteiger partial charge is 0.414 e. The van der Waals surface area contributed by atoms with Crippen molar-refractivity contribution in [3.8, 4) is 0 Å². The van der Waals surface area contributed by atoms with Gasteiger partial charge in [0, 0.05) is 24.9 Å². The number of rotatable bonds is 1. The molecule has 2 aromatic heterocycles. The molecule has 0 saturated carbocycles. The first kappa shape index (κ1) is 16.4. The molecule has 128 valence electrons. The lowest BCUT2D eigenvalue weighted by molar-refractivity contribution is 0.0577. The average molecular weight is 331 g/mol. The van der Waals surface area contributed by atoms with Gasteiger partial charge in [0.2, 0.25) is 0 Å². The second kappa shape index (κ2) is 5.59. The van der Waals surface area contributed by atoms with E-state index in [1.807, 2.05) is 6.92 Å². The molecule has 0 unspecified atom stereocenters. The molecular weight excluding hydrogens is 310 g/mol. The van der Waals surface area contributed by atoms with Crippen LogP contribution in [-0.4, -0.2) is 38.5 Å². The topological polar surface area (TPSA) is 84.1 Å². The maximum Gasteiger partial charge on any atom is 0.414 e. The first-order valence-electron chi connectivity index (χ1n) is 7.88. The zero-order chi connectivity index (χ0) is 17.6. The van der Waals surface area contributed by atoms with Gasteiger partial charge in [-0.2, -0.15) is 0 Å². The number of carbonyl (C=O) groups excluding carboxylic acids is 2. The molecule has 0 radical (unpaired) electrons.